The Labute approximate surface area is 340 Å². The first-order valence-corrected chi connectivity index (χ1v) is 19.2. The summed E-state index contributed by atoms with van der Waals surface area (Å²) >= 11 is 3.40. The van der Waals surface area contributed by atoms with E-state index in [9.17, 15) is 9.59 Å². The van der Waals surface area contributed by atoms with Crippen LogP contribution in [-0.4, -0.2) is 33.4 Å². The third kappa shape index (κ3) is 17.8. The molecule has 3 atom stereocenters. The molecule has 3 aromatic carbocycles. The van der Waals surface area contributed by atoms with E-state index < -0.39 is 23.4 Å². The van der Waals surface area contributed by atoms with Crippen LogP contribution in [0.25, 0.3) is 0 Å². The van der Waals surface area contributed by atoms with Gasteiger partial charge >= 0.3 is 12.2 Å². The molecule has 6 N–H and O–H groups in total. The molecule has 0 aliphatic carbocycles. The molecule has 2 aromatic heterocycles. The average Bonchev–Trinajstić information content (AvgIpc) is 3.11. The van der Waals surface area contributed by atoms with E-state index in [0.29, 0.717) is 0 Å². The van der Waals surface area contributed by atoms with Crippen molar-refractivity contribution in [3.05, 3.63) is 143 Å². The Hall–Kier alpha value is -5.46. The number of hydrogen-bond donors (Lipinski definition) is 5. The van der Waals surface area contributed by atoms with Gasteiger partial charge in [0.1, 0.15) is 11.2 Å². The normalized spacial score (nSPS) is 12.5. The van der Waals surface area contributed by atoms with Gasteiger partial charge in [0.25, 0.3) is 0 Å². The number of benzene rings is 3. The van der Waals surface area contributed by atoms with Crippen molar-refractivity contribution in [2.45, 2.75) is 91.6 Å². The maximum atomic E-state index is 11.9. The maximum Gasteiger partial charge on any atom is 0.408 e. The first-order chi connectivity index (χ1) is 26.4. The van der Waals surface area contributed by atoms with Gasteiger partial charge in [-0.3, -0.25) is 9.97 Å². The molecule has 2 amide bonds. The number of halogens is 1. The van der Waals surface area contributed by atoms with Crippen LogP contribution in [0.5, 0.6) is 0 Å². The summed E-state index contributed by atoms with van der Waals surface area (Å²) < 4.78 is 11.5. The van der Waals surface area contributed by atoms with E-state index in [1.807, 2.05) is 153 Å². The highest BCUT2D eigenvalue weighted by molar-refractivity contribution is 9.10. The molecular weight excluding hydrogens is 770 g/mol. The van der Waals surface area contributed by atoms with E-state index in [1.54, 1.807) is 24.8 Å². The maximum absolute atomic E-state index is 11.9. The van der Waals surface area contributed by atoms with Crippen molar-refractivity contribution in [2.24, 2.45) is 5.73 Å². The van der Waals surface area contributed by atoms with Gasteiger partial charge in [0.15, 0.2) is 0 Å². The number of anilines is 4. The zero-order chi connectivity index (χ0) is 41.3. The number of aromatic nitrogens is 2. The van der Waals surface area contributed by atoms with Crippen LogP contribution < -0.4 is 27.0 Å². The Bertz CT molecular complexity index is 1950. The lowest BCUT2D eigenvalue weighted by Gasteiger charge is -2.22. The number of carbonyl (C=O) groups excluding carboxylic acids is 2. The molecule has 0 radical (unpaired) electrons. The van der Waals surface area contributed by atoms with E-state index in [4.69, 9.17) is 15.2 Å². The third-order valence-electron chi connectivity index (χ3n) is 7.55. The van der Waals surface area contributed by atoms with Crippen molar-refractivity contribution >= 4 is 50.9 Å². The van der Waals surface area contributed by atoms with E-state index in [2.05, 4.69) is 53.2 Å². The summed E-state index contributed by atoms with van der Waals surface area (Å²) in [5.74, 6) is 0. The largest absolute Gasteiger partial charge is 0.444 e. The lowest BCUT2D eigenvalue weighted by molar-refractivity contribution is 0.0496. The second-order valence-electron chi connectivity index (χ2n) is 15.1. The molecule has 2 heterocycles. The van der Waals surface area contributed by atoms with Crippen molar-refractivity contribution < 1.29 is 19.1 Å². The molecule has 11 nitrogen and oxygen atoms in total. The molecule has 0 unspecified atom stereocenters. The molecule has 12 heteroatoms. The first kappa shape index (κ1) is 44.9. The Kier molecular flexibility index (Phi) is 17.3. The zero-order valence-electron chi connectivity index (χ0n) is 33.8. The number of pyridine rings is 2. The number of nitrogens with one attached hydrogen (secondary N) is 4. The number of carbonyl (C=O) groups is 2. The van der Waals surface area contributed by atoms with Crippen molar-refractivity contribution in [1.82, 2.24) is 20.6 Å². The molecule has 0 aliphatic rings. The lowest BCUT2D eigenvalue weighted by Crippen LogP contribution is -2.34. The van der Waals surface area contributed by atoms with Crippen LogP contribution in [0.3, 0.4) is 0 Å². The molecule has 5 rings (SSSR count). The summed E-state index contributed by atoms with van der Waals surface area (Å²) in [6.07, 6.45) is 6.18. The highest BCUT2D eigenvalue weighted by atomic mass is 79.9. The molecule has 0 saturated heterocycles. The summed E-state index contributed by atoms with van der Waals surface area (Å²) in [7, 11) is 0. The monoisotopic (exact) mass is 825 g/mol. The summed E-state index contributed by atoms with van der Waals surface area (Å²) in [5.41, 5.74) is 12.0. The summed E-state index contributed by atoms with van der Waals surface area (Å²) in [6, 6.07) is 31.3. The van der Waals surface area contributed by atoms with Gasteiger partial charge in [-0.15, -0.1) is 0 Å². The van der Waals surface area contributed by atoms with Crippen LogP contribution in [0.15, 0.2) is 126 Å². The van der Waals surface area contributed by atoms with Crippen molar-refractivity contribution in [2.75, 3.05) is 10.6 Å². The highest BCUT2D eigenvalue weighted by Crippen LogP contribution is 2.23. The van der Waals surface area contributed by atoms with Crippen molar-refractivity contribution in [1.29, 1.82) is 0 Å². The van der Waals surface area contributed by atoms with E-state index in [0.717, 1.165) is 43.9 Å². The number of ether oxygens (including phenoxy) is 2. The summed E-state index contributed by atoms with van der Waals surface area (Å²) in [4.78, 5) is 31.4. The van der Waals surface area contributed by atoms with Crippen LogP contribution in [0.2, 0.25) is 0 Å². The number of alkyl carbamates (subject to hydrolysis) is 2. The number of nitrogens with two attached hydrogens (primary N) is 1. The first-order valence-electron chi connectivity index (χ1n) is 18.4. The van der Waals surface area contributed by atoms with Gasteiger partial charge in [0.05, 0.1) is 12.1 Å². The molecule has 0 aliphatic heterocycles. The molecule has 0 bridgehead atoms. The highest BCUT2D eigenvalue weighted by Gasteiger charge is 2.19. The van der Waals surface area contributed by atoms with Gasteiger partial charge < -0.3 is 36.5 Å². The smallest absolute Gasteiger partial charge is 0.408 e. The Morgan fingerprint density at radius 2 is 0.946 bits per heavy atom. The van der Waals surface area contributed by atoms with Gasteiger partial charge in [-0.05, 0) is 140 Å². The van der Waals surface area contributed by atoms with Crippen LogP contribution in [0, 0.1) is 0 Å². The standard InChI is InChI=1S/C18H23N3O2.C13H18BrNO2.C13H15N3/c1-13(20-17(22)23-18(2,3)4)14-6-5-7-16(12-14)21-15-8-10-19-11-9-15;1-9(10-6-5-7-11(14)8-10)15-12(16)17-13(2,3)4;1-10(14)11-3-2-4-13(9-11)16-12-5-7-15-8-6-12/h5-13H,1-4H3,(H,19,21)(H,20,22);5-9H,1-4H3,(H,15,16);2-10H,14H2,1H3,(H,15,16)/t13-;9-;10-/m000/s1. The van der Waals surface area contributed by atoms with Crippen LogP contribution in [0.4, 0.5) is 32.3 Å². The second-order valence-corrected chi connectivity index (χ2v) is 16.0. The van der Waals surface area contributed by atoms with Crippen LogP contribution in [-0.2, 0) is 9.47 Å². The van der Waals surface area contributed by atoms with Crippen molar-refractivity contribution in [3.63, 3.8) is 0 Å². The van der Waals surface area contributed by atoms with Crippen LogP contribution in [0.1, 0.15) is 97.1 Å². The number of nitrogens with zero attached hydrogens (tertiary/aromatic N) is 2. The predicted molar refractivity (Wildman–Crippen MR) is 230 cm³/mol. The number of amides is 2. The molecule has 0 fully saturated rings. The minimum absolute atomic E-state index is 0.0548. The third-order valence-corrected chi connectivity index (χ3v) is 8.05. The molecule has 5 aromatic rings. The topological polar surface area (TPSA) is 153 Å². The predicted octanol–water partition coefficient (Wildman–Crippen LogP) is 11.3. The zero-order valence-corrected chi connectivity index (χ0v) is 35.3. The summed E-state index contributed by atoms with van der Waals surface area (Å²) in [5, 5.41) is 12.3. The van der Waals surface area contributed by atoms with Gasteiger partial charge in [-0.2, -0.15) is 0 Å². The molecular formula is C44H56BrN7O4. The lowest BCUT2D eigenvalue weighted by atomic mass is 10.1. The van der Waals surface area contributed by atoms with E-state index in [1.165, 1.54) is 0 Å². The van der Waals surface area contributed by atoms with Crippen LogP contribution >= 0.6 is 15.9 Å². The SMILES string of the molecule is C[C@H](N)c1cccc(Nc2ccncc2)c1.C[C@H](NC(=O)OC(C)(C)C)c1cccc(Br)c1.C[C@H](NC(=O)OC(C)(C)C)c1cccc(Nc2ccncc2)c1. The number of hydrogen-bond acceptors (Lipinski definition) is 9. The molecule has 298 valence electrons. The molecule has 0 saturated carbocycles. The fraction of sp³-hybridized carbons (Fsp3) is 0.318. The van der Waals surface area contributed by atoms with Gasteiger partial charge in [0, 0.05) is 58.1 Å². The Balaban J connectivity index is 0.000000230. The van der Waals surface area contributed by atoms with E-state index in [-0.39, 0.29) is 18.1 Å². The molecule has 56 heavy (non-hydrogen) atoms. The second kappa shape index (κ2) is 21.6. The Morgan fingerprint density at radius 3 is 1.34 bits per heavy atom. The minimum Gasteiger partial charge on any atom is -0.444 e. The quantitative estimate of drug-likeness (QED) is 0.0977. The number of rotatable bonds is 9. The summed E-state index contributed by atoms with van der Waals surface area (Å²) in [6.45, 7) is 16.9. The fourth-order valence-corrected chi connectivity index (χ4v) is 5.32. The van der Waals surface area contributed by atoms with Gasteiger partial charge in [-0.1, -0.05) is 52.3 Å². The van der Waals surface area contributed by atoms with Gasteiger partial charge in [-0.25, -0.2) is 9.59 Å². The average molecular weight is 827 g/mol. The van der Waals surface area contributed by atoms with Gasteiger partial charge in [0.2, 0.25) is 0 Å². The minimum atomic E-state index is -0.505. The Morgan fingerprint density at radius 1 is 0.571 bits per heavy atom. The fourth-order valence-electron chi connectivity index (χ4n) is 4.90. The van der Waals surface area contributed by atoms with Crippen molar-refractivity contribution in [3.8, 4) is 0 Å². The van der Waals surface area contributed by atoms with E-state index >= 15 is 0 Å². The molecule has 0 spiro atoms.